The lowest BCUT2D eigenvalue weighted by atomic mass is 10.2. The molecule has 10 heteroatoms. The van der Waals surface area contributed by atoms with Gasteiger partial charge < -0.3 is 20.7 Å². The monoisotopic (exact) mass is 464 g/mol. The van der Waals surface area contributed by atoms with Crippen LogP contribution in [0.5, 0.6) is 0 Å². The van der Waals surface area contributed by atoms with E-state index < -0.39 is 0 Å². The molecule has 1 saturated heterocycles. The van der Waals surface area contributed by atoms with E-state index in [1.807, 2.05) is 26.0 Å². The van der Waals surface area contributed by atoms with E-state index in [4.69, 9.17) is 9.57 Å². The number of hydrogen-bond donors (Lipinski definition) is 3. The minimum atomic E-state index is -0.210. The smallest absolute Gasteiger partial charge is 0.341 e. The molecule has 0 saturated carbocycles. The molecule has 1 fully saturated rings. The lowest BCUT2D eigenvalue weighted by Gasteiger charge is -2.29. The predicted molar refractivity (Wildman–Crippen MR) is 127 cm³/mol. The van der Waals surface area contributed by atoms with E-state index in [9.17, 15) is 9.59 Å². The molecule has 3 N–H and O–H groups in total. The molecule has 0 unspecified atom stereocenters. The van der Waals surface area contributed by atoms with Gasteiger partial charge in [-0.15, -0.1) is 0 Å². The number of ether oxygens (including phenoxy) is 1. The third-order valence-corrected chi connectivity index (χ3v) is 5.25. The number of hydroxylamine groups is 2. The zero-order valence-electron chi connectivity index (χ0n) is 20.1. The Kier molecular flexibility index (Phi) is 13.2. The molecule has 33 heavy (non-hydrogen) atoms. The van der Waals surface area contributed by atoms with Gasteiger partial charge in [-0.3, -0.25) is 14.7 Å². The van der Waals surface area contributed by atoms with Gasteiger partial charge in [0, 0.05) is 51.7 Å². The Bertz CT molecular complexity index is 670. The number of hydrogen-bond acceptors (Lipinski definition) is 6. The van der Waals surface area contributed by atoms with E-state index >= 15 is 0 Å². The Labute approximate surface area is 197 Å². The van der Waals surface area contributed by atoms with E-state index in [-0.39, 0.29) is 18.1 Å². The van der Waals surface area contributed by atoms with Gasteiger partial charge in [0.05, 0.1) is 25.9 Å². The average molecular weight is 465 g/mol. The summed E-state index contributed by atoms with van der Waals surface area (Å²) in [5, 5.41) is 10.0. The maximum absolute atomic E-state index is 12.4. The first-order chi connectivity index (χ1) is 16.1. The fraction of sp³-hybridized carbons (Fsp3) is 0.696. The maximum atomic E-state index is 12.4. The molecule has 4 amide bonds. The summed E-state index contributed by atoms with van der Waals surface area (Å²) in [6, 6.07) is 3.46. The molecule has 2 heterocycles. The van der Waals surface area contributed by atoms with Crippen LogP contribution >= 0.6 is 0 Å². The number of unbranched alkanes of at least 4 members (excludes halogenated alkanes) is 2. The first-order valence-electron chi connectivity index (χ1n) is 12.0. The Morgan fingerprint density at radius 1 is 1.12 bits per heavy atom. The second-order valence-corrected chi connectivity index (χ2v) is 8.29. The molecular weight excluding hydrogens is 424 g/mol. The van der Waals surface area contributed by atoms with E-state index in [1.165, 1.54) is 5.06 Å². The van der Waals surface area contributed by atoms with Crippen LogP contribution in [0.25, 0.3) is 0 Å². The van der Waals surface area contributed by atoms with Crippen molar-refractivity contribution in [2.75, 3.05) is 59.1 Å². The molecule has 0 bridgehead atoms. The third-order valence-electron chi connectivity index (χ3n) is 5.25. The van der Waals surface area contributed by atoms with E-state index in [0.29, 0.717) is 26.2 Å². The van der Waals surface area contributed by atoms with Crippen LogP contribution in [0.3, 0.4) is 0 Å². The molecule has 10 nitrogen and oxygen atoms in total. The van der Waals surface area contributed by atoms with E-state index in [1.54, 1.807) is 12.4 Å². The summed E-state index contributed by atoms with van der Waals surface area (Å²) in [6.07, 6.45) is 6.90. The number of amides is 4. The highest BCUT2D eigenvalue weighted by atomic mass is 16.7. The van der Waals surface area contributed by atoms with Gasteiger partial charge in [0.1, 0.15) is 0 Å². The van der Waals surface area contributed by atoms with Crippen LogP contribution in [0.4, 0.5) is 9.59 Å². The first-order valence-corrected chi connectivity index (χ1v) is 12.0. The summed E-state index contributed by atoms with van der Waals surface area (Å²) in [7, 11) is 0. The number of nitrogens with one attached hydrogen (secondary N) is 3. The topological polar surface area (TPSA) is 108 Å². The van der Waals surface area contributed by atoms with Gasteiger partial charge >= 0.3 is 12.1 Å². The van der Waals surface area contributed by atoms with Crippen molar-refractivity contribution in [3.63, 3.8) is 0 Å². The Morgan fingerprint density at radius 2 is 1.85 bits per heavy atom. The van der Waals surface area contributed by atoms with Crippen molar-refractivity contribution in [3.05, 3.63) is 30.1 Å². The van der Waals surface area contributed by atoms with Crippen molar-refractivity contribution >= 4 is 12.1 Å². The molecule has 0 aromatic carbocycles. The lowest BCUT2D eigenvalue weighted by Crippen LogP contribution is -2.46. The van der Waals surface area contributed by atoms with Crippen LogP contribution < -0.4 is 16.0 Å². The average Bonchev–Trinajstić information content (AvgIpc) is 2.82. The number of urea groups is 2. The maximum Gasteiger partial charge on any atom is 0.341 e. The number of morpholine rings is 1. The van der Waals surface area contributed by atoms with Crippen molar-refractivity contribution in [1.29, 1.82) is 0 Å². The highest BCUT2D eigenvalue weighted by molar-refractivity contribution is 5.73. The normalized spacial score (nSPS) is 14.2. The fourth-order valence-corrected chi connectivity index (χ4v) is 3.37. The van der Waals surface area contributed by atoms with Gasteiger partial charge in [0.2, 0.25) is 0 Å². The van der Waals surface area contributed by atoms with Gasteiger partial charge in [0.25, 0.3) is 0 Å². The van der Waals surface area contributed by atoms with Crippen LogP contribution in [0.15, 0.2) is 24.5 Å². The Balaban J connectivity index is 1.46. The Hall–Kier alpha value is -2.43. The Morgan fingerprint density at radius 3 is 2.55 bits per heavy atom. The van der Waals surface area contributed by atoms with Crippen molar-refractivity contribution in [2.24, 2.45) is 0 Å². The second-order valence-electron chi connectivity index (χ2n) is 8.29. The number of pyridine rings is 1. The standard InChI is InChI=1S/C23H40N6O4/c1-20(2)29(33-18-15-28-13-16-32-17-14-28)23(31)27-11-5-3-4-10-25-22(30)26-12-8-21-7-6-9-24-19-21/h6-7,9,19-20H,3-5,8,10-18H2,1-2H3,(H,27,31)(H2,25,26,30). The molecule has 2 rings (SSSR count). The zero-order valence-corrected chi connectivity index (χ0v) is 20.1. The molecule has 0 spiro atoms. The molecule has 0 aliphatic carbocycles. The molecule has 186 valence electrons. The van der Waals surface area contributed by atoms with Crippen LogP contribution in [0, 0.1) is 0 Å². The van der Waals surface area contributed by atoms with E-state index in [0.717, 1.165) is 64.1 Å². The quantitative estimate of drug-likeness (QED) is 0.286. The fourth-order valence-electron chi connectivity index (χ4n) is 3.37. The molecule has 0 atom stereocenters. The molecular formula is C23H40N6O4. The summed E-state index contributed by atoms with van der Waals surface area (Å²) in [4.78, 5) is 36.3. The van der Waals surface area contributed by atoms with Crippen molar-refractivity contribution in [3.8, 4) is 0 Å². The lowest BCUT2D eigenvalue weighted by molar-refractivity contribution is -0.142. The summed E-state index contributed by atoms with van der Waals surface area (Å²) < 4.78 is 5.34. The summed E-state index contributed by atoms with van der Waals surface area (Å²) >= 11 is 0. The largest absolute Gasteiger partial charge is 0.379 e. The van der Waals surface area contributed by atoms with Crippen molar-refractivity contribution in [2.45, 2.75) is 45.6 Å². The molecule has 1 aliphatic rings. The first kappa shape index (κ1) is 26.8. The zero-order chi connectivity index (χ0) is 23.7. The molecule has 0 radical (unpaired) electrons. The number of carbonyl (C=O) groups excluding carboxylic acids is 2. The van der Waals surface area contributed by atoms with Gasteiger partial charge in [-0.1, -0.05) is 6.07 Å². The highest BCUT2D eigenvalue weighted by Crippen LogP contribution is 2.03. The van der Waals surface area contributed by atoms with Gasteiger partial charge in [0.15, 0.2) is 0 Å². The summed E-state index contributed by atoms with van der Waals surface area (Å²) in [6.45, 7) is 10.2. The van der Waals surface area contributed by atoms with Crippen molar-refractivity contribution in [1.82, 2.24) is 30.9 Å². The van der Waals surface area contributed by atoms with Gasteiger partial charge in [-0.25, -0.2) is 14.7 Å². The molecule has 1 aliphatic heterocycles. The number of carbonyl (C=O) groups is 2. The predicted octanol–water partition coefficient (Wildman–Crippen LogP) is 1.78. The number of nitrogens with zero attached hydrogens (tertiary/aromatic N) is 3. The van der Waals surface area contributed by atoms with Crippen molar-refractivity contribution < 1.29 is 19.2 Å². The number of aromatic nitrogens is 1. The summed E-state index contributed by atoms with van der Waals surface area (Å²) in [5.74, 6) is 0. The second kappa shape index (κ2) is 16.2. The van der Waals surface area contributed by atoms with E-state index in [2.05, 4.69) is 25.8 Å². The van der Waals surface area contributed by atoms with Crippen LogP contribution in [-0.4, -0.2) is 92.1 Å². The molecule has 1 aromatic heterocycles. The minimum Gasteiger partial charge on any atom is -0.379 e. The number of rotatable bonds is 14. The van der Waals surface area contributed by atoms with Gasteiger partial charge in [-0.2, -0.15) is 0 Å². The van der Waals surface area contributed by atoms with Crippen LogP contribution in [0.2, 0.25) is 0 Å². The molecule has 1 aromatic rings. The van der Waals surface area contributed by atoms with Crippen LogP contribution in [0.1, 0.15) is 38.7 Å². The summed E-state index contributed by atoms with van der Waals surface area (Å²) in [5.41, 5.74) is 1.10. The van der Waals surface area contributed by atoms with Crippen LogP contribution in [-0.2, 0) is 16.0 Å². The highest BCUT2D eigenvalue weighted by Gasteiger charge is 2.18. The third kappa shape index (κ3) is 11.8. The van der Waals surface area contributed by atoms with Gasteiger partial charge in [-0.05, 0) is 51.2 Å². The minimum absolute atomic E-state index is 0.0458. The SMILES string of the molecule is CC(C)N(OCCN1CCOCC1)C(=O)NCCCCCNC(=O)NCCc1cccnc1.